The van der Waals surface area contributed by atoms with Crippen molar-refractivity contribution in [3.8, 4) is 6.07 Å². The second kappa shape index (κ2) is 9.81. The third-order valence-electron chi connectivity index (χ3n) is 4.55. The van der Waals surface area contributed by atoms with Gasteiger partial charge in [0.15, 0.2) is 0 Å². The minimum atomic E-state index is -0.437. The molecule has 0 bridgehead atoms. The molecule has 1 rings (SSSR count). The second-order valence-corrected chi connectivity index (χ2v) is 6.38. The number of rotatable bonds is 8. The number of aryl methyl sites for hydroxylation is 1. The number of nitriles is 1. The first-order valence-corrected chi connectivity index (χ1v) is 9.12. The van der Waals surface area contributed by atoms with E-state index in [2.05, 4.69) is 11.5 Å². The molecule has 0 radical (unpaired) electrons. The van der Waals surface area contributed by atoms with Gasteiger partial charge >= 0.3 is 0 Å². The number of hydrogen-bond donors (Lipinski definition) is 0. The molecule has 2 amide bonds. The highest BCUT2D eigenvalue weighted by atomic mass is 16.2. The van der Waals surface area contributed by atoms with Crippen LogP contribution in [0.4, 0.5) is 0 Å². The second-order valence-electron chi connectivity index (χ2n) is 6.38. The van der Waals surface area contributed by atoms with E-state index in [4.69, 9.17) is 0 Å². The standard InChI is InChI=1S/C20H30N4O2/c1-7-10-24-15(4)11-17(16(24)5)12-18(13-21)20(26)22(6)14-19(25)23(8-2)9-3/h11-12H,7-10,14H2,1-6H3/b18-12+. The molecule has 0 fully saturated rings. The zero-order chi connectivity index (χ0) is 19.9. The highest BCUT2D eigenvalue weighted by Crippen LogP contribution is 2.19. The summed E-state index contributed by atoms with van der Waals surface area (Å²) in [5.41, 5.74) is 3.04. The Bertz CT molecular complexity index is 721. The van der Waals surface area contributed by atoms with Gasteiger partial charge in [-0.15, -0.1) is 0 Å². The lowest BCUT2D eigenvalue weighted by molar-refractivity contribution is -0.137. The molecule has 1 aromatic heterocycles. The van der Waals surface area contributed by atoms with Crippen LogP contribution in [-0.4, -0.2) is 52.9 Å². The van der Waals surface area contributed by atoms with E-state index in [-0.39, 0.29) is 18.0 Å². The maximum absolute atomic E-state index is 12.6. The van der Waals surface area contributed by atoms with Crippen molar-refractivity contribution in [1.82, 2.24) is 14.4 Å². The highest BCUT2D eigenvalue weighted by molar-refractivity contribution is 6.03. The number of amides is 2. The smallest absolute Gasteiger partial charge is 0.264 e. The maximum Gasteiger partial charge on any atom is 0.264 e. The Morgan fingerprint density at radius 1 is 1.23 bits per heavy atom. The van der Waals surface area contributed by atoms with Crippen molar-refractivity contribution in [2.45, 2.75) is 47.6 Å². The minimum absolute atomic E-state index is 0.0333. The first-order valence-electron chi connectivity index (χ1n) is 9.12. The number of carbonyl (C=O) groups excluding carboxylic acids is 2. The van der Waals surface area contributed by atoms with Crippen molar-refractivity contribution in [2.75, 3.05) is 26.7 Å². The summed E-state index contributed by atoms with van der Waals surface area (Å²) in [4.78, 5) is 27.8. The zero-order valence-corrected chi connectivity index (χ0v) is 16.8. The van der Waals surface area contributed by atoms with Crippen LogP contribution in [0.1, 0.15) is 44.1 Å². The van der Waals surface area contributed by atoms with E-state index in [9.17, 15) is 14.9 Å². The molecule has 0 atom stereocenters. The Morgan fingerprint density at radius 3 is 2.35 bits per heavy atom. The van der Waals surface area contributed by atoms with Crippen molar-refractivity contribution in [2.24, 2.45) is 0 Å². The Kier molecular flexibility index (Phi) is 8.11. The fraction of sp³-hybridized carbons (Fsp3) is 0.550. The molecule has 1 aromatic rings. The summed E-state index contributed by atoms with van der Waals surface area (Å²) in [6, 6.07) is 3.97. The Labute approximate surface area is 156 Å². The molecule has 6 nitrogen and oxygen atoms in total. The van der Waals surface area contributed by atoms with Crippen molar-refractivity contribution in [3.05, 3.63) is 28.6 Å². The SMILES string of the molecule is CCCn1c(C)cc(/C=C(\C#N)C(=O)N(C)CC(=O)N(CC)CC)c1C. The molecule has 0 aromatic carbocycles. The third-order valence-corrected chi connectivity index (χ3v) is 4.55. The normalized spacial score (nSPS) is 11.2. The van der Waals surface area contributed by atoms with Crippen LogP contribution in [0.25, 0.3) is 6.08 Å². The quantitative estimate of drug-likeness (QED) is 0.530. The summed E-state index contributed by atoms with van der Waals surface area (Å²) in [5.74, 6) is -0.558. The lowest BCUT2D eigenvalue weighted by atomic mass is 10.1. The first kappa shape index (κ1) is 21.5. The molecule has 26 heavy (non-hydrogen) atoms. The minimum Gasteiger partial charge on any atom is -0.349 e. The first-order chi connectivity index (χ1) is 12.3. The molecule has 0 aliphatic rings. The number of hydrogen-bond acceptors (Lipinski definition) is 3. The monoisotopic (exact) mass is 358 g/mol. The zero-order valence-electron chi connectivity index (χ0n) is 16.8. The lowest BCUT2D eigenvalue weighted by Crippen LogP contribution is -2.41. The molecule has 6 heteroatoms. The average Bonchev–Trinajstić information content (AvgIpc) is 2.87. The average molecular weight is 358 g/mol. The molecule has 1 heterocycles. The van der Waals surface area contributed by atoms with Crippen LogP contribution in [-0.2, 0) is 16.1 Å². The predicted molar refractivity (Wildman–Crippen MR) is 103 cm³/mol. The molecular weight excluding hydrogens is 328 g/mol. The van der Waals surface area contributed by atoms with Gasteiger partial charge in [-0.05, 0) is 51.8 Å². The molecule has 0 N–H and O–H groups in total. The summed E-state index contributed by atoms with van der Waals surface area (Å²) < 4.78 is 2.18. The Hall–Kier alpha value is -2.55. The van der Waals surface area contributed by atoms with Gasteiger partial charge < -0.3 is 14.4 Å². The highest BCUT2D eigenvalue weighted by Gasteiger charge is 2.20. The lowest BCUT2D eigenvalue weighted by Gasteiger charge is -2.23. The molecular formula is C20H30N4O2. The van der Waals surface area contributed by atoms with Gasteiger partial charge in [0.2, 0.25) is 5.91 Å². The maximum atomic E-state index is 12.6. The number of carbonyl (C=O) groups is 2. The van der Waals surface area contributed by atoms with Crippen LogP contribution in [0.3, 0.4) is 0 Å². The molecule has 0 aliphatic carbocycles. The summed E-state index contributed by atoms with van der Waals surface area (Å²) in [7, 11) is 1.55. The Balaban J connectivity index is 3.02. The van der Waals surface area contributed by atoms with Gasteiger partial charge in [0.1, 0.15) is 11.6 Å². The van der Waals surface area contributed by atoms with Crippen molar-refractivity contribution in [3.63, 3.8) is 0 Å². The van der Waals surface area contributed by atoms with Crippen molar-refractivity contribution in [1.29, 1.82) is 5.26 Å². The molecule has 0 saturated heterocycles. The van der Waals surface area contributed by atoms with E-state index in [1.165, 1.54) is 4.90 Å². The van der Waals surface area contributed by atoms with Crippen LogP contribution in [0.15, 0.2) is 11.6 Å². The van der Waals surface area contributed by atoms with Crippen LogP contribution in [0.2, 0.25) is 0 Å². The van der Waals surface area contributed by atoms with Gasteiger partial charge in [0.25, 0.3) is 5.91 Å². The number of aromatic nitrogens is 1. The number of nitrogens with zero attached hydrogens (tertiary/aromatic N) is 4. The van der Waals surface area contributed by atoms with Gasteiger partial charge in [0, 0.05) is 38.1 Å². The van der Waals surface area contributed by atoms with Crippen LogP contribution in [0, 0.1) is 25.2 Å². The van der Waals surface area contributed by atoms with E-state index >= 15 is 0 Å². The fourth-order valence-electron chi connectivity index (χ4n) is 3.00. The van der Waals surface area contributed by atoms with Crippen LogP contribution >= 0.6 is 0 Å². The van der Waals surface area contributed by atoms with Gasteiger partial charge in [-0.1, -0.05) is 6.92 Å². The van der Waals surface area contributed by atoms with Crippen LogP contribution in [0.5, 0.6) is 0 Å². The third kappa shape index (κ3) is 4.98. The topological polar surface area (TPSA) is 69.3 Å². The summed E-state index contributed by atoms with van der Waals surface area (Å²) >= 11 is 0. The summed E-state index contributed by atoms with van der Waals surface area (Å²) in [6.45, 7) is 12.0. The fourth-order valence-corrected chi connectivity index (χ4v) is 3.00. The number of likely N-dealkylation sites (N-methyl/N-ethyl adjacent to an activating group) is 2. The summed E-state index contributed by atoms with van der Waals surface area (Å²) in [5, 5.41) is 9.44. The van der Waals surface area contributed by atoms with Gasteiger partial charge in [-0.3, -0.25) is 9.59 Å². The predicted octanol–water partition coefficient (Wildman–Crippen LogP) is 2.75. The van der Waals surface area contributed by atoms with E-state index in [1.54, 1.807) is 18.0 Å². The molecule has 0 saturated carbocycles. The van der Waals surface area contributed by atoms with Gasteiger partial charge in [-0.25, -0.2) is 0 Å². The van der Waals surface area contributed by atoms with Crippen molar-refractivity contribution < 1.29 is 9.59 Å². The molecule has 0 spiro atoms. The largest absolute Gasteiger partial charge is 0.349 e. The van der Waals surface area contributed by atoms with E-state index in [1.807, 2.05) is 39.8 Å². The van der Waals surface area contributed by atoms with E-state index in [0.29, 0.717) is 13.1 Å². The Morgan fingerprint density at radius 2 is 1.85 bits per heavy atom. The van der Waals surface area contributed by atoms with Crippen LogP contribution < -0.4 is 0 Å². The van der Waals surface area contributed by atoms with Crippen molar-refractivity contribution >= 4 is 17.9 Å². The van der Waals surface area contributed by atoms with Gasteiger partial charge in [-0.2, -0.15) is 5.26 Å². The van der Waals surface area contributed by atoms with Gasteiger partial charge in [0.05, 0.1) is 6.54 Å². The molecule has 142 valence electrons. The van der Waals surface area contributed by atoms with E-state index in [0.717, 1.165) is 29.9 Å². The summed E-state index contributed by atoms with van der Waals surface area (Å²) in [6.07, 6.45) is 2.63. The van der Waals surface area contributed by atoms with E-state index < -0.39 is 5.91 Å². The molecule has 0 aliphatic heterocycles. The molecule has 0 unspecified atom stereocenters.